The molecule has 0 spiro atoms. The molecule has 0 unspecified atom stereocenters. The molecule has 1 atom stereocenters. The zero-order valence-electron chi connectivity index (χ0n) is 13.1. The van der Waals surface area contributed by atoms with Crippen LogP contribution < -0.4 is 0 Å². The predicted molar refractivity (Wildman–Crippen MR) is 90.4 cm³/mol. The Morgan fingerprint density at radius 1 is 1.00 bits per heavy atom. The molecule has 1 aromatic carbocycles. The summed E-state index contributed by atoms with van der Waals surface area (Å²) >= 11 is 6.10. The van der Waals surface area contributed by atoms with Crippen molar-refractivity contribution in [1.29, 1.82) is 0 Å². The third-order valence-corrected chi connectivity index (χ3v) is 4.93. The number of nitrogens with zero attached hydrogens (tertiary/aromatic N) is 2. The highest BCUT2D eigenvalue weighted by molar-refractivity contribution is 6.33. The SMILES string of the molecule is O=C(c1ccccc1Cl)N1CCN(C(=O)[C@@H]2CC=CCC2)CC1. The smallest absolute Gasteiger partial charge is 0.255 e. The van der Waals surface area contributed by atoms with Crippen molar-refractivity contribution in [1.82, 2.24) is 9.80 Å². The number of carbonyl (C=O) groups is 2. The summed E-state index contributed by atoms with van der Waals surface area (Å²) in [4.78, 5) is 28.7. The molecular formula is C18H21ClN2O2. The van der Waals surface area contributed by atoms with Crippen molar-refractivity contribution >= 4 is 23.4 Å². The summed E-state index contributed by atoms with van der Waals surface area (Å²) in [5, 5.41) is 0.477. The van der Waals surface area contributed by atoms with Crippen molar-refractivity contribution < 1.29 is 9.59 Å². The average Bonchev–Trinajstić information content (AvgIpc) is 2.62. The van der Waals surface area contributed by atoms with Gasteiger partial charge in [0.1, 0.15) is 0 Å². The molecule has 0 N–H and O–H groups in total. The lowest BCUT2D eigenvalue weighted by molar-refractivity contribution is -0.137. The number of hydrogen-bond donors (Lipinski definition) is 0. The van der Waals surface area contributed by atoms with Crippen LogP contribution in [0.1, 0.15) is 29.6 Å². The number of benzene rings is 1. The molecule has 1 aromatic rings. The monoisotopic (exact) mass is 332 g/mol. The fourth-order valence-corrected chi connectivity index (χ4v) is 3.43. The Morgan fingerprint density at radius 2 is 1.70 bits per heavy atom. The molecule has 1 fully saturated rings. The van der Waals surface area contributed by atoms with Gasteiger partial charge in [-0.05, 0) is 31.4 Å². The first-order valence-electron chi connectivity index (χ1n) is 8.14. The van der Waals surface area contributed by atoms with E-state index in [2.05, 4.69) is 12.2 Å². The molecule has 3 rings (SSSR count). The van der Waals surface area contributed by atoms with Crippen LogP contribution in [0.2, 0.25) is 5.02 Å². The minimum atomic E-state index is -0.0525. The molecule has 0 aromatic heterocycles. The van der Waals surface area contributed by atoms with Crippen molar-refractivity contribution in [2.24, 2.45) is 5.92 Å². The number of piperazine rings is 1. The van der Waals surface area contributed by atoms with Crippen molar-refractivity contribution in [2.75, 3.05) is 26.2 Å². The Bertz CT molecular complexity index is 621. The van der Waals surface area contributed by atoms with Crippen LogP contribution in [0.5, 0.6) is 0 Å². The highest BCUT2D eigenvalue weighted by Crippen LogP contribution is 2.22. The average molecular weight is 333 g/mol. The van der Waals surface area contributed by atoms with Crippen molar-refractivity contribution in [3.05, 3.63) is 47.0 Å². The van der Waals surface area contributed by atoms with E-state index in [1.807, 2.05) is 17.0 Å². The lowest BCUT2D eigenvalue weighted by atomic mass is 9.93. The van der Waals surface area contributed by atoms with Gasteiger partial charge >= 0.3 is 0 Å². The third-order valence-electron chi connectivity index (χ3n) is 4.60. The first kappa shape index (κ1) is 16.1. The zero-order chi connectivity index (χ0) is 16.2. The molecule has 1 saturated heterocycles. The van der Waals surface area contributed by atoms with Crippen LogP contribution in [0, 0.1) is 5.92 Å². The summed E-state index contributed by atoms with van der Waals surface area (Å²) in [5.74, 6) is 0.299. The van der Waals surface area contributed by atoms with Crippen molar-refractivity contribution in [3.63, 3.8) is 0 Å². The van der Waals surface area contributed by atoms with Gasteiger partial charge in [-0.25, -0.2) is 0 Å². The summed E-state index contributed by atoms with van der Waals surface area (Å²) < 4.78 is 0. The van der Waals surface area contributed by atoms with E-state index in [1.165, 1.54) is 0 Å². The van der Waals surface area contributed by atoms with E-state index in [9.17, 15) is 9.59 Å². The molecule has 0 radical (unpaired) electrons. The van der Waals surface area contributed by atoms with Crippen LogP contribution in [0.4, 0.5) is 0 Å². The Morgan fingerprint density at radius 3 is 2.35 bits per heavy atom. The van der Waals surface area contributed by atoms with Gasteiger partial charge < -0.3 is 9.80 Å². The summed E-state index contributed by atoms with van der Waals surface area (Å²) in [6, 6.07) is 7.10. The lowest BCUT2D eigenvalue weighted by Gasteiger charge is -2.36. The van der Waals surface area contributed by atoms with E-state index in [-0.39, 0.29) is 17.7 Å². The molecule has 1 aliphatic carbocycles. The molecule has 4 nitrogen and oxygen atoms in total. The molecule has 1 aliphatic heterocycles. The molecule has 0 bridgehead atoms. The van der Waals surface area contributed by atoms with Crippen molar-refractivity contribution in [3.8, 4) is 0 Å². The first-order chi connectivity index (χ1) is 11.2. The van der Waals surface area contributed by atoms with Crippen LogP contribution in [0.3, 0.4) is 0 Å². The minimum Gasteiger partial charge on any atom is -0.339 e. The van der Waals surface area contributed by atoms with Gasteiger partial charge in [0.2, 0.25) is 5.91 Å². The molecule has 5 heteroatoms. The Labute approximate surface area is 141 Å². The standard InChI is InChI=1S/C18H21ClN2O2/c19-16-9-5-4-8-15(16)18(23)21-12-10-20(11-13-21)17(22)14-6-2-1-3-7-14/h1-2,4-5,8-9,14H,3,6-7,10-13H2/t14-/m1/s1. The maximum absolute atomic E-state index is 12.5. The first-order valence-corrected chi connectivity index (χ1v) is 8.52. The number of amides is 2. The van der Waals surface area contributed by atoms with Gasteiger partial charge in [-0.2, -0.15) is 0 Å². The third kappa shape index (κ3) is 3.58. The van der Waals surface area contributed by atoms with E-state index in [4.69, 9.17) is 11.6 Å². The maximum Gasteiger partial charge on any atom is 0.255 e. The quantitative estimate of drug-likeness (QED) is 0.781. The molecule has 1 heterocycles. The van der Waals surface area contributed by atoms with E-state index in [0.29, 0.717) is 36.8 Å². The highest BCUT2D eigenvalue weighted by Gasteiger charge is 2.29. The van der Waals surface area contributed by atoms with Crippen LogP contribution in [0.25, 0.3) is 0 Å². The molecule has 122 valence electrons. The van der Waals surface area contributed by atoms with Crippen LogP contribution in [0.15, 0.2) is 36.4 Å². The van der Waals surface area contributed by atoms with Gasteiger partial charge in [-0.3, -0.25) is 9.59 Å². The van der Waals surface area contributed by atoms with Crippen LogP contribution >= 0.6 is 11.6 Å². The van der Waals surface area contributed by atoms with E-state index in [1.54, 1.807) is 17.0 Å². The number of halogens is 1. The van der Waals surface area contributed by atoms with Gasteiger partial charge in [0, 0.05) is 32.1 Å². The van der Waals surface area contributed by atoms with E-state index >= 15 is 0 Å². The number of carbonyl (C=O) groups excluding carboxylic acids is 2. The van der Waals surface area contributed by atoms with Gasteiger partial charge in [0.15, 0.2) is 0 Å². The van der Waals surface area contributed by atoms with E-state index in [0.717, 1.165) is 19.3 Å². The molecule has 0 saturated carbocycles. The summed E-state index contributed by atoms with van der Waals surface area (Å²) in [6.45, 7) is 2.35. The Balaban J connectivity index is 1.58. The predicted octanol–water partition coefficient (Wildman–Crippen LogP) is 2.98. The fraction of sp³-hybridized carbons (Fsp3) is 0.444. The normalized spacial score (nSPS) is 21.3. The molecular weight excluding hydrogens is 312 g/mol. The maximum atomic E-state index is 12.5. The van der Waals surface area contributed by atoms with Gasteiger partial charge in [-0.1, -0.05) is 35.9 Å². The second-order valence-electron chi connectivity index (χ2n) is 6.08. The summed E-state index contributed by atoms with van der Waals surface area (Å²) in [6.07, 6.45) is 7.01. The van der Waals surface area contributed by atoms with Crippen LogP contribution in [-0.2, 0) is 4.79 Å². The second-order valence-corrected chi connectivity index (χ2v) is 6.49. The summed E-state index contributed by atoms with van der Waals surface area (Å²) in [7, 11) is 0. The number of hydrogen-bond acceptors (Lipinski definition) is 2. The minimum absolute atomic E-state index is 0.0525. The van der Waals surface area contributed by atoms with Gasteiger partial charge in [-0.15, -0.1) is 0 Å². The number of rotatable bonds is 2. The van der Waals surface area contributed by atoms with Gasteiger partial charge in [0.05, 0.1) is 10.6 Å². The Kier molecular flexibility index (Phi) is 5.01. The van der Waals surface area contributed by atoms with Gasteiger partial charge in [0.25, 0.3) is 5.91 Å². The fourth-order valence-electron chi connectivity index (χ4n) is 3.21. The molecule has 23 heavy (non-hydrogen) atoms. The Hall–Kier alpha value is -1.81. The largest absolute Gasteiger partial charge is 0.339 e. The number of allylic oxidation sites excluding steroid dienone is 2. The summed E-state index contributed by atoms with van der Waals surface area (Å²) in [5.41, 5.74) is 0.534. The zero-order valence-corrected chi connectivity index (χ0v) is 13.8. The highest BCUT2D eigenvalue weighted by atomic mass is 35.5. The van der Waals surface area contributed by atoms with Crippen molar-refractivity contribution in [2.45, 2.75) is 19.3 Å². The lowest BCUT2D eigenvalue weighted by Crippen LogP contribution is -2.52. The topological polar surface area (TPSA) is 40.6 Å². The second kappa shape index (κ2) is 7.18. The molecule has 2 aliphatic rings. The van der Waals surface area contributed by atoms with Crippen LogP contribution in [-0.4, -0.2) is 47.8 Å². The molecule has 2 amide bonds. The van der Waals surface area contributed by atoms with E-state index < -0.39 is 0 Å².